The van der Waals surface area contributed by atoms with Gasteiger partial charge in [0.25, 0.3) is 5.56 Å². The number of nitriles is 1. The lowest BCUT2D eigenvalue weighted by Gasteiger charge is -2.21. The predicted octanol–water partition coefficient (Wildman–Crippen LogP) is 4.12. The summed E-state index contributed by atoms with van der Waals surface area (Å²) >= 11 is 0. The number of urea groups is 1. The third-order valence-corrected chi connectivity index (χ3v) is 5.64. The van der Waals surface area contributed by atoms with Crippen molar-refractivity contribution in [1.29, 1.82) is 5.26 Å². The van der Waals surface area contributed by atoms with Gasteiger partial charge in [-0.05, 0) is 62.2 Å². The number of nitrogens with zero attached hydrogens (tertiary/aromatic N) is 3. The Hall–Kier alpha value is -4.14. The van der Waals surface area contributed by atoms with Crippen LogP contribution >= 0.6 is 0 Å². The molecule has 0 fully saturated rings. The second kappa shape index (κ2) is 13.2. The van der Waals surface area contributed by atoms with Crippen molar-refractivity contribution in [2.75, 3.05) is 30.3 Å². The molecule has 0 aliphatic carbocycles. The van der Waals surface area contributed by atoms with Gasteiger partial charge in [-0.25, -0.2) is 13.6 Å². The Morgan fingerprint density at radius 3 is 2.54 bits per heavy atom. The van der Waals surface area contributed by atoms with Gasteiger partial charge in [-0.1, -0.05) is 24.3 Å². The number of halogens is 2. The highest BCUT2D eigenvalue weighted by atomic mass is 19.1. The van der Waals surface area contributed by atoms with Crippen molar-refractivity contribution in [3.05, 3.63) is 75.7 Å². The van der Waals surface area contributed by atoms with Gasteiger partial charge in [-0.15, -0.1) is 0 Å². The van der Waals surface area contributed by atoms with E-state index in [2.05, 4.69) is 31.6 Å². The quantitative estimate of drug-likeness (QED) is 0.287. The summed E-state index contributed by atoms with van der Waals surface area (Å²) in [6.07, 6.45) is 3.58. The fourth-order valence-electron chi connectivity index (χ4n) is 3.70. The summed E-state index contributed by atoms with van der Waals surface area (Å²) in [7, 11) is 0. The molecule has 9 nitrogen and oxygen atoms in total. The van der Waals surface area contributed by atoms with Gasteiger partial charge in [-0.2, -0.15) is 10.2 Å². The van der Waals surface area contributed by atoms with Crippen molar-refractivity contribution in [1.82, 2.24) is 14.9 Å². The van der Waals surface area contributed by atoms with Gasteiger partial charge < -0.3 is 16.0 Å². The third-order valence-electron chi connectivity index (χ3n) is 5.64. The lowest BCUT2D eigenvalue weighted by Crippen LogP contribution is -2.27. The first-order valence-corrected chi connectivity index (χ1v) is 11.8. The van der Waals surface area contributed by atoms with Crippen LogP contribution in [0.1, 0.15) is 30.4 Å². The number of hydrogen-bond donors (Lipinski definition) is 4. The molecule has 3 rings (SSSR count). The average molecular weight is 510 g/mol. The molecule has 0 spiro atoms. The van der Waals surface area contributed by atoms with E-state index in [1.165, 1.54) is 13.1 Å². The van der Waals surface area contributed by atoms with E-state index in [1.807, 2.05) is 24.3 Å². The van der Waals surface area contributed by atoms with Gasteiger partial charge in [0.2, 0.25) is 5.95 Å². The van der Waals surface area contributed by atoms with Crippen LogP contribution in [-0.4, -0.2) is 40.5 Å². The second-order valence-corrected chi connectivity index (χ2v) is 8.51. The first kappa shape index (κ1) is 27.4. The number of rotatable bonds is 11. The first-order chi connectivity index (χ1) is 17.8. The normalized spacial score (nSPS) is 10.8. The minimum Gasteiger partial charge on any atom is -0.331 e. The highest BCUT2D eigenvalue weighted by Gasteiger charge is 2.13. The van der Waals surface area contributed by atoms with Crippen LogP contribution in [0.25, 0.3) is 11.1 Å². The number of benzene rings is 2. The Morgan fingerprint density at radius 2 is 1.86 bits per heavy atom. The molecular formula is C26H29F2N7O2. The van der Waals surface area contributed by atoms with Gasteiger partial charge in [0.15, 0.2) is 0 Å². The third kappa shape index (κ3) is 7.93. The Balaban J connectivity index is 1.64. The number of aryl methyl sites for hydroxylation is 1. The number of aromatic nitrogens is 2. The molecule has 0 bridgehead atoms. The van der Waals surface area contributed by atoms with E-state index >= 15 is 0 Å². The zero-order chi connectivity index (χ0) is 26.8. The van der Waals surface area contributed by atoms with Crippen molar-refractivity contribution in [2.24, 2.45) is 5.73 Å². The number of H-pyrrole nitrogens is 1. The monoisotopic (exact) mass is 509 g/mol. The maximum Gasteiger partial charge on any atom is 0.326 e. The molecule has 3 aromatic rings. The van der Waals surface area contributed by atoms with Gasteiger partial charge >= 0.3 is 6.03 Å². The van der Waals surface area contributed by atoms with Crippen LogP contribution in [0.4, 0.5) is 25.2 Å². The molecule has 194 valence electrons. The van der Waals surface area contributed by atoms with Crippen LogP contribution in [0.2, 0.25) is 0 Å². The predicted molar refractivity (Wildman–Crippen MR) is 138 cm³/mol. The Morgan fingerprint density at radius 1 is 1.14 bits per heavy atom. The molecule has 0 saturated heterocycles. The molecule has 0 aliphatic heterocycles. The van der Waals surface area contributed by atoms with E-state index in [0.29, 0.717) is 36.7 Å². The standard InChI is InChI=1S/C26H29F2N7O2/c1-17-13-23(22(28)14-21(17)27)32-26(37)34-25-31-15-20(24(36)33-25)19-7-5-18(6-8-19)16-35(12-4-10-30)11-3-2-9-29/h5-8,13-15H,2-4,10-12,16,30H2,1H3,(H3,31,32,33,34,36,37). The molecule has 37 heavy (non-hydrogen) atoms. The highest BCUT2D eigenvalue weighted by molar-refractivity contribution is 5.98. The molecule has 5 N–H and O–H groups in total. The van der Waals surface area contributed by atoms with Gasteiger partial charge in [0.1, 0.15) is 11.6 Å². The molecule has 0 unspecified atom stereocenters. The van der Waals surface area contributed by atoms with Gasteiger partial charge in [0.05, 0.1) is 17.3 Å². The smallest absolute Gasteiger partial charge is 0.326 e. The molecule has 1 heterocycles. The summed E-state index contributed by atoms with van der Waals surface area (Å²) in [6, 6.07) is 10.6. The summed E-state index contributed by atoms with van der Waals surface area (Å²) in [6.45, 7) is 4.37. The Kier molecular flexibility index (Phi) is 9.83. The van der Waals surface area contributed by atoms with Gasteiger partial charge in [-0.3, -0.25) is 15.0 Å². The van der Waals surface area contributed by atoms with Crippen LogP contribution in [0, 0.1) is 29.9 Å². The van der Waals surface area contributed by atoms with Crippen LogP contribution in [0.5, 0.6) is 0 Å². The Bertz CT molecular complexity index is 1320. The number of carbonyl (C=O) groups excluding carboxylic acids is 1. The van der Waals surface area contributed by atoms with Crippen molar-refractivity contribution >= 4 is 17.7 Å². The molecule has 0 aliphatic rings. The van der Waals surface area contributed by atoms with E-state index < -0.39 is 23.2 Å². The molecule has 1 aromatic heterocycles. The Labute approximate surface area is 213 Å². The second-order valence-electron chi connectivity index (χ2n) is 8.51. The fourth-order valence-corrected chi connectivity index (χ4v) is 3.70. The van der Waals surface area contributed by atoms with E-state index in [1.54, 1.807) is 0 Å². The molecule has 2 aromatic carbocycles. The maximum atomic E-state index is 13.9. The number of carbonyl (C=O) groups is 1. The van der Waals surface area contributed by atoms with E-state index in [0.717, 1.165) is 37.6 Å². The molecule has 0 atom stereocenters. The molecule has 11 heteroatoms. The minimum atomic E-state index is -0.928. The number of amides is 2. The van der Waals surface area contributed by atoms with E-state index in [9.17, 15) is 18.4 Å². The molecular weight excluding hydrogens is 480 g/mol. The number of nitrogens with one attached hydrogen (secondary N) is 3. The largest absolute Gasteiger partial charge is 0.331 e. The summed E-state index contributed by atoms with van der Waals surface area (Å²) in [5, 5.41) is 13.4. The summed E-state index contributed by atoms with van der Waals surface area (Å²) in [5.74, 6) is -1.78. The minimum absolute atomic E-state index is 0.130. The van der Waals surface area contributed by atoms with Crippen LogP contribution in [0.15, 0.2) is 47.4 Å². The van der Waals surface area contributed by atoms with Crippen LogP contribution < -0.4 is 21.9 Å². The first-order valence-electron chi connectivity index (χ1n) is 11.8. The van der Waals surface area contributed by atoms with E-state index in [-0.39, 0.29) is 17.2 Å². The van der Waals surface area contributed by atoms with E-state index in [4.69, 9.17) is 11.0 Å². The maximum absolute atomic E-state index is 13.9. The summed E-state index contributed by atoms with van der Waals surface area (Å²) in [5.41, 5.74) is 7.05. The summed E-state index contributed by atoms with van der Waals surface area (Å²) in [4.78, 5) is 33.6. The van der Waals surface area contributed by atoms with Crippen LogP contribution in [0.3, 0.4) is 0 Å². The molecule has 0 saturated carbocycles. The van der Waals surface area contributed by atoms with Gasteiger partial charge in [0, 0.05) is 25.2 Å². The van der Waals surface area contributed by atoms with Crippen molar-refractivity contribution in [2.45, 2.75) is 32.7 Å². The SMILES string of the molecule is Cc1cc(NC(=O)Nc2nc(=O)c(-c3ccc(CN(CCCN)CCCC#N)cc3)c[nH]2)c(F)cc1F. The fraction of sp³-hybridized carbons (Fsp3) is 0.308. The number of hydrogen-bond acceptors (Lipinski definition) is 6. The van der Waals surface area contributed by atoms with Crippen molar-refractivity contribution < 1.29 is 13.6 Å². The van der Waals surface area contributed by atoms with Crippen molar-refractivity contribution in [3.63, 3.8) is 0 Å². The van der Waals surface area contributed by atoms with Crippen molar-refractivity contribution in [3.8, 4) is 17.2 Å². The lowest BCUT2D eigenvalue weighted by molar-refractivity contribution is 0.261. The van der Waals surface area contributed by atoms with Crippen LogP contribution in [-0.2, 0) is 6.54 Å². The molecule has 0 radical (unpaired) electrons. The number of anilines is 2. The molecule has 2 amide bonds. The summed E-state index contributed by atoms with van der Waals surface area (Å²) < 4.78 is 27.3. The average Bonchev–Trinajstić information content (AvgIpc) is 2.86. The zero-order valence-electron chi connectivity index (χ0n) is 20.5. The highest BCUT2D eigenvalue weighted by Crippen LogP contribution is 2.20. The lowest BCUT2D eigenvalue weighted by atomic mass is 10.1. The zero-order valence-corrected chi connectivity index (χ0v) is 20.5. The number of aromatic amines is 1. The number of nitrogens with two attached hydrogens (primary N) is 1. The topological polar surface area (TPSA) is 140 Å². The number of unbranched alkanes of at least 4 members (excludes halogenated alkanes) is 1.